The van der Waals surface area contributed by atoms with Gasteiger partial charge in [-0.25, -0.2) is 13.1 Å². The Morgan fingerprint density at radius 3 is 2.72 bits per heavy atom. The van der Waals surface area contributed by atoms with Gasteiger partial charge in [0, 0.05) is 31.5 Å². The first-order valence-corrected chi connectivity index (χ1v) is 7.66. The Kier molecular flexibility index (Phi) is 5.71. The van der Waals surface area contributed by atoms with Crippen molar-refractivity contribution < 1.29 is 8.42 Å². The molecule has 0 fully saturated rings. The van der Waals surface area contributed by atoms with Crippen LogP contribution in [0.1, 0.15) is 25.0 Å². The van der Waals surface area contributed by atoms with Crippen molar-refractivity contribution in [3.05, 3.63) is 29.6 Å². The standard InChI is InChI=1S/C12H21N3O2S/c1-10(2)14-6-7-18(16,17)15-9-12-4-5-13-8-11(12)3/h4-5,8,10,14-15H,6-7,9H2,1-3H3. The lowest BCUT2D eigenvalue weighted by Gasteiger charge is -2.10. The second-order valence-electron chi connectivity index (χ2n) is 4.55. The van der Waals surface area contributed by atoms with E-state index >= 15 is 0 Å². The van der Waals surface area contributed by atoms with Crippen LogP contribution in [-0.4, -0.2) is 31.7 Å². The van der Waals surface area contributed by atoms with Crippen LogP contribution in [0.3, 0.4) is 0 Å². The van der Waals surface area contributed by atoms with E-state index in [0.29, 0.717) is 19.1 Å². The van der Waals surface area contributed by atoms with Gasteiger partial charge in [0.1, 0.15) is 0 Å². The summed E-state index contributed by atoms with van der Waals surface area (Å²) in [6.07, 6.45) is 3.39. The SMILES string of the molecule is Cc1cnccc1CNS(=O)(=O)CCNC(C)C. The Morgan fingerprint density at radius 2 is 2.11 bits per heavy atom. The first kappa shape index (κ1) is 15.1. The van der Waals surface area contributed by atoms with E-state index in [-0.39, 0.29) is 5.75 Å². The molecule has 2 N–H and O–H groups in total. The maximum absolute atomic E-state index is 11.7. The summed E-state index contributed by atoms with van der Waals surface area (Å²) < 4.78 is 26.1. The van der Waals surface area contributed by atoms with Gasteiger partial charge >= 0.3 is 0 Å². The van der Waals surface area contributed by atoms with Gasteiger partial charge in [0.15, 0.2) is 0 Å². The summed E-state index contributed by atoms with van der Waals surface area (Å²) in [7, 11) is -3.23. The van der Waals surface area contributed by atoms with E-state index < -0.39 is 10.0 Å². The van der Waals surface area contributed by atoms with Gasteiger partial charge in [0.05, 0.1) is 5.75 Å². The van der Waals surface area contributed by atoms with Crippen molar-refractivity contribution in [3.63, 3.8) is 0 Å². The summed E-state index contributed by atoms with van der Waals surface area (Å²) in [5.41, 5.74) is 1.94. The molecule has 6 heteroatoms. The number of rotatable bonds is 7. The first-order valence-electron chi connectivity index (χ1n) is 6.01. The van der Waals surface area contributed by atoms with Crippen LogP contribution in [0, 0.1) is 6.92 Å². The van der Waals surface area contributed by atoms with Gasteiger partial charge < -0.3 is 5.32 Å². The molecular weight excluding hydrogens is 250 g/mol. The molecule has 0 aliphatic heterocycles. The van der Waals surface area contributed by atoms with E-state index in [0.717, 1.165) is 11.1 Å². The van der Waals surface area contributed by atoms with E-state index in [1.807, 2.05) is 26.8 Å². The summed E-state index contributed by atoms with van der Waals surface area (Å²) in [5, 5.41) is 3.08. The minimum Gasteiger partial charge on any atom is -0.313 e. The van der Waals surface area contributed by atoms with Crippen LogP contribution in [0.2, 0.25) is 0 Å². The maximum atomic E-state index is 11.7. The molecule has 0 spiro atoms. The topological polar surface area (TPSA) is 71.1 Å². The summed E-state index contributed by atoms with van der Waals surface area (Å²) in [6, 6.07) is 2.12. The number of sulfonamides is 1. The lowest BCUT2D eigenvalue weighted by molar-refractivity contribution is 0.566. The highest BCUT2D eigenvalue weighted by molar-refractivity contribution is 7.89. The van der Waals surface area contributed by atoms with Crippen LogP contribution in [0.5, 0.6) is 0 Å². The van der Waals surface area contributed by atoms with Gasteiger partial charge in [-0.15, -0.1) is 0 Å². The third-order valence-electron chi connectivity index (χ3n) is 2.54. The molecule has 102 valence electrons. The lowest BCUT2D eigenvalue weighted by Crippen LogP contribution is -2.34. The fraction of sp³-hybridized carbons (Fsp3) is 0.583. The maximum Gasteiger partial charge on any atom is 0.213 e. The summed E-state index contributed by atoms with van der Waals surface area (Å²) >= 11 is 0. The van der Waals surface area contributed by atoms with Gasteiger partial charge in [-0.05, 0) is 24.1 Å². The van der Waals surface area contributed by atoms with Crippen LogP contribution < -0.4 is 10.0 Å². The van der Waals surface area contributed by atoms with E-state index in [1.165, 1.54) is 0 Å². The minimum absolute atomic E-state index is 0.0926. The molecule has 0 aromatic carbocycles. The normalized spacial score (nSPS) is 12.0. The third kappa shape index (κ3) is 5.57. The monoisotopic (exact) mass is 271 g/mol. The fourth-order valence-corrected chi connectivity index (χ4v) is 2.35. The minimum atomic E-state index is -3.23. The van der Waals surface area contributed by atoms with E-state index in [4.69, 9.17) is 0 Å². The van der Waals surface area contributed by atoms with E-state index in [9.17, 15) is 8.42 Å². The molecule has 0 unspecified atom stereocenters. The molecule has 5 nitrogen and oxygen atoms in total. The Hall–Kier alpha value is -0.980. The number of hydrogen-bond donors (Lipinski definition) is 2. The molecule has 18 heavy (non-hydrogen) atoms. The van der Waals surface area contributed by atoms with Crippen molar-refractivity contribution in [2.75, 3.05) is 12.3 Å². The fourth-order valence-electron chi connectivity index (χ4n) is 1.44. The van der Waals surface area contributed by atoms with Crippen LogP contribution in [0.4, 0.5) is 0 Å². The number of aryl methyl sites for hydroxylation is 1. The predicted molar refractivity (Wildman–Crippen MR) is 72.7 cm³/mol. The van der Waals surface area contributed by atoms with Gasteiger partial charge in [0.25, 0.3) is 0 Å². The highest BCUT2D eigenvalue weighted by Crippen LogP contribution is 2.04. The summed E-state index contributed by atoms with van der Waals surface area (Å²) in [5.74, 6) is 0.0926. The number of nitrogens with zero attached hydrogens (tertiary/aromatic N) is 1. The highest BCUT2D eigenvalue weighted by atomic mass is 32.2. The largest absolute Gasteiger partial charge is 0.313 e. The summed E-state index contributed by atoms with van der Waals surface area (Å²) in [6.45, 7) is 6.67. The zero-order valence-electron chi connectivity index (χ0n) is 11.1. The van der Waals surface area contributed by atoms with Crippen molar-refractivity contribution in [2.45, 2.75) is 33.4 Å². The highest BCUT2D eigenvalue weighted by Gasteiger charge is 2.10. The van der Waals surface area contributed by atoms with Crippen LogP contribution in [-0.2, 0) is 16.6 Å². The molecule has 0 bridgehead atoms. The molecule has 1 aromatic rings. The quantitative estimate of drug-likeness (QED) is 0.770. The second kappa shape index (κ2) is 6.82. The molecule has 1 rings (SSSR count). The Bertz CT molecular complexity index is 472. The Labute approximate surface area is 109 Å². The number of hydrogen-bond acceptors (Lipinski definition) is 4. The first-order chi connectivity index (χ1) is 8.41. The predicted octanol–water partition coefficient (Wildman–Crippen LogP) is 0.807. The van der Waals surface area contributed by atoms with Crippen molar-refractivity contribution in [1.82, 2.24) is 15.0 Å². The molecule has 0 atom stereocenters. The van der Waals surface area contributed by atoms with Gasteiger partial charge in [-0.2, -0.15) is 0 Å². The van der Waals surface area contributed by atoms with Crippen molar-refractivity contribution in [2.24, 2.45) is 0 Å². The van der Waals surface area contributed by atoms with Crippen molar-refractivity contribution in [3.8, 4) is 0 Å². The van der Waals surface area contributed by atoms with Gasteiger partial charge in [0.2, 0.25) is 10.0 Å². The lowest BCUT2D eigenvalue weighted by atomic mass is 10.2. The van der Waals surface area contributed by atoms with E-state index in [1.54, 1.807) is 12.4 Å². The van der Waals surface area contributed by atoms with Gasteiger partial charge in [-0.1, -0.05) is 13.8 Å². The number of aromatic nitrogens is 1. The molecule has 0 radical (unpaired) electrons. The molecule has 0 amide bonds. The van der Waals surface area contributed by atoms with Crippen molar-refractivity contribution in [1.29, 1.82) is 0 Å². The molecule has 0 saturated heterocycles. The number of pyridine rings is 1. The number of nitrogens with one attached hydrogen (secondary N) is 2. The molecule has 0 aliphatic rings. The zero-order chi connectivity index (χ0) is 13.6. The third-order valence-corrected chi connectivity index (χ3v) is 3.87. The molecule has 0 saturated carbocycles. The molecule has 0 aliphatic carbocycles. The molecule has 1 aromatic heterocycles. The van der Waals surface area contributed by atoms with Crippen LogP contribution in [0.25, 0.3) is 0 Å². The molecular formula is C12H21N3O2S. The zero-order valence-corrected chi connectivity index (χ0v) is 11.9. The Balaban J connectivity index is 2.45. The average molecular weight is 271 g/mol. The van der Waals surface area contributed by atoms with Crippen molar-refractivity contribution >= 4 is 10.0 Å². The van der Waals surface area contributed by atoms with Gasteiger partial charge in [-0.3, -0.25) is 4.98 Å². The van der Waals surface area contributed by atoms with Crippen LogP contribution >= 0.6 is 0 Å². The second-order valence-corrected chi connectivity index (χ2v) is 6.48. The van der Waals surface area contributed by atoms with Crippen LogP contribution in [0.15, 0.2) is 18.5 Å². The smallest absolute Gasteiger partial charge is 0.213 e. The summed E-state index contributed by atoms with van der Waals surface area (Å²) in [4.78, 5) is 3.97. The Morgan fingerprint density at radius 1 is 1.39 bits per heavy atom. The molecule has 1 heterocycles. The average Bonchev–Trinajstić information content (AvgIpc) is 2.27. The van der Waals surface area contributed by atoms with E-state index in [2.05, 4.69) is 15.0 Å².